The van der Waals surface area contributed by atoms with Gasteiger partial charge in [-0.25, -0.2) is 4.98 Å². The summed E-state index contributed by atoms with van der Waals surface area (Å²) in [6.45, 7) is 13.7. The Morgan fingerprint density at radius 1 is 1.13 bits per heavy atom. The van der Waals surface area contributed by atoms with Gasteiger partial charge in [-0.15, -0.1) is 11.3 Å². The van der Waals surface area contributed by atoms with Crippen LogP contribution in [0.1, 0.15) is 97.9 Å². The molecule has 2 fully saturated rings. The summed E-state index contributed by atoms with van der Waals surface area (Å²) in [7, 11) is 0. The van der Waals surface area contributed by atoms with Gasteiger partial charge in [0.25, 0.3) is 5.91 Å². The Kier molecular flexibility index (Phi) is 14.2. The van der Waals surface area contributed by atoms with E-state index in [1.54, 1.807) is 24.3 Å². The summed E-state index contributed by atoms with van der Waals surface area (Å²) < 4.78 is 6.30. The van der Waals surface area contributed by atoms with Crippen LogP contribution >= 0.6 is 23.1 Å². The fourth-order valence-corrected chi connectivity index (χ4v) is 7.92. The molecule has 1 atom stereocenters. The van der Waals surface area contributed by atoms with Crippen molar-refractivity contribution in [3.05, 3.63) is 39.3 Å². The number of likely N-dealkylation sites (tertiary alicyclic amines) is 1. The standard InChI is InChI=1S/C34H53N5O5S2/c1-24(2)32-37-28(22-46-32)33(43)39-17-18-44-34(23-39)11-15-38(16-12-34)14-7-5-6-8-19-45-20-13-35-21-30(42)27-9-10-29(41)31(25(27)3)36-26(4)40/h9-10,22,24,30,35,41-42H,5-8,11-21,23H2,1-4H3,(H,36,40)/t30-/m0/s1. The van der Waals surface area contributed by atoms with Crippen molar-refractivity contribution < 1.29 is 24.5 Å². The maximum atomic E-state index is 13.1. The number of aliphatic hydroxyl groups excluding tert-OH is 1. The number of thioether (sulfide) groups is 1. The summed E-state index contributed by atoms with van der Waals surface area (Å²) >= 11 is 3.51. The lowest BCUT2D eigenvalue weighted by Gasteiger charge is -2.47. The van der Waals surface area contributed by atoms with Crippen molar-refractivity contribution in [2.75, 3.05) is 69.2 Å². The Balaban J connectivity index is 1.02. The van der Waals surface area contributed by atoms with Crippen LogP contribution in [0, 0.1) is 6.92 Å². The molecule has 0 aliphatic carbocycles. The summed E-state index contributed by atoms with van der Waals surface area (Å²) in [4.78, 5) is 33.7. The number of hydrogen-bond acceptors (Lipinski definition) is 10. The first-order chi connectivity index (χ1) is 22.1. The van der Waals surface area contributed by atoms with Crippen molar-refractivity contribution in [2.45, 2.75) is 83.8 Å². The number of carbonyl (C=O) groups is 2. The first-order valence-corrected chi connectivity index (χ1v) is 18.8. The van der Waals surface area contributed by atoms with Crippen molar-refractivity contribution in [3.8, 4) is 5.75 Å². The number of phenolic OH excluding ortho intramolecular Hbond substituents is 1. The molecule has 1 aromatic heterocycles. The van der Waals surface area contributed by atoms with Crippen molar-refractivity contribution in [3.63, 3.8) is 0 Å². The zero-order valence-electron chi connectivity index (χ0n) is 28.0. The first kappa shape index (κ1) is 36.6. The van der Waals surface area contributed by atoms with E-state index in [1.165, 1.54) is 38.7 Å². The van der Waals surface area contributed by atoms with E-state index in [0.717, 1.165) is 55.5 Å². The number of aromatic nitrogens is 1. The number of nitrogens with zero attached hydrogens (tertiary/aromatic N) is 3. The lowest BCUT2D eigenvalue weighted by atomic mass is 9.89. The summed E-state index contributed by atoms with van der Waals surface area (Å²) in [5.41, 5.74) is 2.09. The monoisotopic (exact) mass is 675 g/mol. The number of piperidine rings is 1. The van der Waals surface area contributed by atoms with Crippen LogP contribution in [-0.4, -0.2) is 106 Å². The molecule has 2 aromatic rings. The van der Waals surface area contributed by atoms with Gasteiger partial charge in [0.1, 0.15) is 11.4 Å². The summed E-state index contributed by atoms with van der Waals surface area (Å²) in [6.07, 6.45) is 6.13. The minimum Gasteiger partial charge on any atom is -0.506 e. The third-order valence-electron chi connectivity index (χ3n) is 8.96. The third-order valence-corrected chi connectivity index (χ3v) is 11.2. The van der Waals surface area contributed by atoms with Gasteiger partial charge in [-0.1, -0.05) is 32.8 Å². The fourth-order valence-electron chi connectivity index (χ4n) is 6.21. The highest BCUT2D eigenvalue weighted by Crippen LogP contribution is 2.33. The predicted octanol–water partition coefficient (Wildman–Crippen LogP) is 5.16. The molecule has 1 spiro atoms. The van der Waals surface area contributed by atoms with Gasteiger partial charge in [-0.3, -0.25) is 9.59 Å². The number of hydrogen-bond donors (Lipinski definition) is 4. The minimum atomic E-state index is -0.718. The van der Waals surface area contributed by atoms with E-state index in [0.29, 0.717) is 54.7 Å². The number of benzene rings is 1. The molecule has 2 saturated heterocycles. The molecular weight excluding hydrogens is 623 g/mol. The van der Waals surface area contributed by atoms with Crippen LogP contribution in [0.4, 0.5) is 5.69 Å². The lowest BCUT2D eigenvalue weighted by Crippen LogP contribution is -2.58. The van der Waals surface area contributed by atoms with Gasteiger partial charge < -0.3 is 35.4 Å². The molecule has 3 heterocycles. The van der Waals surface area contributed by atoms with Crippen molar-refractivity contribution in [1.82, 2.24) is 20.1 Å². The number of aromatic hydroxyl groups is 1. The lowest BCUT2D eigenvalue weighted by molar-refractivity contribution is -0.127. The molecule has 0 saturated carbocycles. The molecule has 10 nitrogen and oxygen atoms in total. The smallest absolute Gasteiger partial charge is 0.273 e. The maximum absolute atomic E-state index is 13.1. The molecule has 4 rings (SSSR count). The number of aliphatic hydroxyl groups is 1. The second-order valence-electron chi connectivity index (χ2n) is 12.9. The molecule has 1 aromatic carbocycles. The van der Waals surface area contributed by atoms with Crippen LogP contribution in [0.25, 0.3) is 0 Å². The van der Waals surface area contributed by atoms with Gasteiger partial charge in [-0.2, -0.15) is 11.8 Å². The van der Waals surface area contributed by atoms with Crippen molar-refractivity contribution >= 4 is 40.6 Å². The maximum Gasteiger partial charge on any atom is 0.273 e. The van der Waals surface area contributed by atoms with Gasteiger partial charge in [-0.05, 0) is 62.1 Å². The third kappa shape index (κ3) is 10.4. The van der Waals surface area contributed by atoms with Gasteiger partial charge in [0.15, 0.2) is 0 Å². The van der Waals surface area contributed by atoms with Crippen LogP contribution in [0.15, 0.2) is 17.5 Å². The fraction of sp³-hybridized carbons (Fsp3) is 0.676. The number of nitrogens with one attached hydrogen (secondary N) is 2. The minimum absolute atomic E-state index is 0.00232. The average Bonchev–Trinajstić information content (AvgIpc) is 3.53. The zero-order chi connectivity index (χ0) is 33.1. The number of anilines is 1. The Bertz CT molecular complexity index is 1280. The molecule has 2 aliphatic heterocycles. The molecule has 2 amide bonds. The molecule has 0 unspecified atom stereocenters. The highest BCUT2D eigenvalue weighted by Gasteiger charge is 2.41. The highest BCUT2D eigenvalue weighted by molar-refractivity contribution is 7.99. The number of phenols is 1. The molecule has 12 heteroatoms. The van der Waals surface area contributed by atoms with E-state index in [2.05, 4.69) is 34.4 Å². The van der Waals surface area contributed by atoms with Crippen LogP contribution in [-0.2, 0) is 9.53 Å². The van der Waals surface area contributed by atoms with Crippen LogP contribution in [0.5, 0.6) is 5.75 Å². The number of unbranched alkanes of at least 4 members (excludes halogenated alkanes) is 3. The van der Waals surface area contributed by atoms with Crippen molar-refractivity contribution in [2.24, 2.45) is 0 Å². The van der Waals surface area contributed by atoms with E-state index in [1.807, 2.05) is 22.0 Å². The first-order valence-electron chi connectivity index (χ1n) is 16.8. The van der Waals surface area contributed by atoms with Gasteiger partial charge in [0.05, 0.1) is 35.6 Å². The second-order valence-corrected chi connectivity index (χ2v) is 15.0. The molecule has 46 heavy (non-hydrogen) atoms. The Hall–Kier alpha value is -2.22. The van der Waals surface area contributed by atoms with Gasteiger partial charge in [0.2, 0.25) is 5.91 Å². The quantitative estimate of drug-likeness (QED) is 0.141. The van der Waals surface area contributed by atoms with E-state index in [4.69, 9.17) is 4.74 Å². The summed E-state index contributed by atoms with van der Waals surface area (Å²) in [5.74, 6) is 2.24. The number of morpholine rings is 1. The summed E-state index contributed by atoms with van der Waals surface area (Å²) in [6, 6.07) is 3.21. The van der Waals surface area contributed by atoms with Crippen LogP contribution in [0.2, 0.25) is 0 Å². The average molecular weight is 676 g/mol. The molecule has 0 bridgehead atoms. The van der Waals surface area contributed by atoms with Crippen molar-refractivity contribution in [1.29, 1.82) is 0 Å². The van der Waals surface area contributed by atoms with Gasteiger partial charge in [0, 0.05) is 56.7 Å². The SMILES string of the molecule is CC(=O)Nc1c(O)ccc([C@@H](O)CNCCSCCCCCCN2CCC3(CC2)CN(C(=O)c2csc(C(C)C)n2)CCO3)c1C. The van der Waals surface area contributed by atoms with Crippen LogP contribution < -0.4 is 10.6 Å². The highest BCUT2D eigenvalue weighted by atomic mass is 32.2. The Morgan fingerprint density at radius 3 is 2.61 bits per heavy atom. The Labute approximate surface area is 282 Å². The number of ether oxygens (including phenoxy) is 1. The van der Waals surface area contributed by atoms with E-state index in [9.17, 15) is 19.8 Å². The molecule has 2 aliphatic rings. The Morgan fingerprint density at radius 2 is 1.89 bits per heavy atom. The molecular formula is C34H53N5O5S2. The number of thiazole rings is 1. The largest absolute Gasteiger partial charge is 0.506 e. The molecule has 256 valence electrons. The van der Waals surface area contributed by atoms with Crippen LogP contribution in [0.3, 0.4) is 0 Å². The predicted molar refractivity (Wildman–Crippen MR) is 187 cm³/mol. The van der Waals surface area contributed by atoms with Gasteiger partial charge >= 0.3 is 0 Å². The topological polar surface area (TPSA) is 127 Å². The normalized spacial score (nSPS) is 17.5. The number of carbonyl (C=O) groups excluding carboxylic acids is 2. The number of amides is 2. The van der Waals surface area contributed by atoms with E-state index >= 15 is 0 Å². The zero-order valence-corrected chi connectivity index (χ0v) is 29.6. The van der Waals surface area contributed by atoms with E-state index in [-0.39, 0.29) is 23.2 Å². The summed E-state index contributed by atoms with van der Waals surface area (Å²) in [5, 5.41) is 29.6. The molecule has 4 N–H and O–H groups in total. The molecule has 0 radical (unpaired) electrons. The second kappa shape index (κ2) is 17.8. The number of rotatable bonds is 16. The van der Waals surface area contributed by atoms with E-state index < -0.39 is 6.10 Å².